The first-order valence-corrected chi connectivity index (χ1v) is 8.16. The molecule has 0 aliphatic heterocycles. The maximum absolute atomic E-state index is 12.2. The largest absolute Gasteiger partial charge is 0.496 e. The topological polar surface area (TPSA) is 47.6 Å². The Morgan fingerprint density at radius 2 is 1.83 bits per heavy atom. The molecule has 1 N–H and O–H groups in total. The summed E-state index contributed by atoms with van der Waals surface area (Å²) >= 11 is 0. The molecule has 2 aromatic rings. The molecule has 1 amide bonds. The predicted octanol–water partition coefficient (Wildman–Crippen LogP) is 3.96. The summed E-state index contributed by atoms with van der Waals surface area (Å²) < 4.78 is 10.8. The van der Waals surface area contributed by atoms with Crippen molar-refractivity contribution in [1.29, 1.82) is 0 Å². The number of hydrogen-bond donors (Lipinski definition) is 1. The molecule has 0 saturated heterocycles. The zero-order valence-corrected chi connectivity index (χ0v) is 14.8. The molecule has 0 aliphatic carbocycles. The molecule has 2 aromatic carbocycles. The highest BCUT2D eigenvalue weighted by Crippen LogP contribution is 2.24. The van der Waals surface area contributed by atoms with Crippen LogP contribution in [0.25, 0.3) is 0 Å². The highest BCUT2D eigenvalue weighted by atomic mass is 16.5. The van der Waals surface area contributed by atoms with Gasteiger partial charge in [0, 0.05) is 0 Å². The van der Waals surface area contributed by atoms with Crippen LogP contribution in [0.3, 0.4) is 0 Å². The van der Waals surface area contributed by atoms with Crippen molar-refractivity contribution in [1.82, 2.24) is 5.32 Å². The third kappa shape index (κ3) is 4.75. The third-order valence-electron chi connectivity index (χ3n) is 3.96. The number of rotatable bonds is 7. The Bertz CT molecular complexity index is 680. The van der Waals surface area contributed by atoms with Gasteiger partial charge in [0.2, 0.25) is 0 Å². The number of benzene rings is 2. The molecule has 4 heteroatoms. The molecule has 4 nitrogen and oxygen atoms in total. The van der Waals surface area contributed by atoms with Crippen LogP contribution in [-0.4, -0.2) is 19.6 Å². The van der Waals surface area contributed by atoms with E-state index in [1.54, 1.807) is 7.11 Å². The summed E-state index contributed by atoms with van der Waals surface area (Å²) in [6.45, 7) is 6.07. The zero-order valence-electron chi connectivity index (χ0n) is 14.8. The van der Waals surface area contributed by atoms with E-state index in [0.717, 1.165) is 28.9 Å². The standard InChI is InChI=1S/C20H25NO3/c1-5-18(16-8-11-19(23-4)15(3)12-16)21-20(22)13-24-17-9-6-14(2)7-10-17/h6-12,18H,5,13H2,1-4H3,(H,21,22)/t18-/m1/s1. The van der Waals surface area contributed by atoms with Crippen molar-refractivity contribution in [2.45, 2.75) is 33.2 Å². The fraction of sp³-hybridized carbons (Fsp3) is 0.350. The Labute approximate surface area is 143 Å². The first-order valence-electron chi connectivity index (χ1n) is 8.16. The van der Waals surface area contributed by atoms with E-state index in [4.69, 9.17) is 9.47 Å². The van der Waals surface area contributed by atoms with Crippen molar-refractivity contribution in [3.8, 4) is 11.5 Å². The van der Waals surface area contributed by atoms with Gasteiger partial charge in [-0.15, -0.1) is 0 Å². The second kappa shape index (κ2) is 8.39. The van der Waals surface area contributed by atoms with E-state index in [-0.39, 0.29) is 18.6 Å². The minimum absolute atomic E-state index is 0.00863. The molecule has 0 bridgehead atoms. The number of amides is 1. The van der Waals surface area contributed by atoms with E-state index in [9.17, 15) is 4.79 Å². The Balaban J connectivity index is 1.95. The third-order valence-corrected chi connectivity index (χ3v) is 3.96. The van der Waals surface area contributed by atoms with Crippen molar-refractivity contribution in [3.63, 3.8) is 0 Å². The summed E-state index contributed by atoms with van der Waals surface area (Å²) in [6, 6.07) is 13.6. The molecule has 0 aromatic heterocycles. The van der Waals surface area contributed by atoms with Crippen LogP contribution in [0, 0.1) is 13.8 Å². The number of carbonyl (C=O) groups excluding carboxylic acids is 1. The van der Waals surface area contributed by atoms with Gasteiger partial charge in [-0.2, -0.15) is 0 Å². The molecule has 0 unspecified atom stereocenters. The smallest absolute Gasteiger partial charge is 0.258 e. The van der Waals surface area contributed by atoms with Crippen LogP contribution in [0.1, 0.15) is 36.1 Å². The molecule has 0 fully saturated rings. The normalized spacial score (nSPS) is 11.7. The van der Waals surface area contributed by atoms with Gasteiger partial charge in [-0.1, -0.05) is 36.8 Å². The lowest BCUT2D eigenvalue weighted by atomic mass is 10.0. The van der Waals surface area contributed by atoms with Gasteiger partial charge in [0.25, 0.3) is 5.91 Å². The summed E-state index contributed by atoms with van der Waals surface area (Å²) in [5, 5.41) is 3.02. The maximum Gasteiger partial charge on any atom is 0.258 e. The lowest BCUT2D eigenvalue weighted by molar-refractivity contribution is -0.123. The summed E-state index contributed by atoms with van der Waals surface area (Å²) in [5.41, 5.74) is 3.28. The summed E-state index contributed by atoms with van der Waals surface area (Å²) in [7, 11) is 1.66. The van der Waals surface area contributed by atoms with Gasteiger partial charge in [-0.25, -0.2) is 0 Å². The van der Waals surface area contributed by atoms with E-state index < -0.39 is 0 Å². The second-order valence-electron chi connectivity index (χ2n) is 5.86. The van der Waals surface area contributed by atoms with Crippen molar-refractivity contribution in [3.05, 3.63) is 59.2 Å². The fourth-order valence-electron chi connectivity index (χ4n) is 2.56. The highest BCUT2D eigenvalue weighted by Gasteiger charge is 2.14. The molecule has 24 heavy (non-hydrogen) atoms. The molecule has 0 spiro atoms. The minimum atomic E-state index is -0.129. The maximum atomic E-state index is 12.2. The van der Waals surface area contributed by atoms with E-state index in [2.05, 4.69) is 5.32 Å². The van der Waals surface area contributed by atoms with Gasteiger partial charge in [-0.05, 0) is 49.6 Å². The van der Waals surface area contributed by atoms with Crippen molar-refractivity contribution in [2.75, 3.05) is 13.7 Å². The van der Waals surface area contributed by atoms with E-state index >= 15 is 0 Å². The van der Waals surface area contributed by atoms with Crippen molar-refractivity contribution < 1.29 is 14.3 Å². The molecular weight excluding hydrogens is 302 g/mol. The number of hydrogen-bond acceptors (Lipinski definition) is 3. The molecule has 128 valence electrons. The van der Waals surface area contributed by atoms with E-state index in [0.29, 0.717) is 5.75 Å². The van der Waals surface area contributed by atoms with Gasteiger partial charge >= 0.3 is 0 Å². The predicted molar refractivity (Wildman–Crippen MR) is 95.6 cm³/mol. The van der Waals surface area contributed by atoms with Gasteiger partial charge in [0.05, 0.1) is 13.2 Å². The monoisotopic (exact) mass is 327 g/mol. The Morgan fingerprint density at radius 3 is 2.42 bits per heavy atom. The lowest BCUT2D eigenvalue weighted by Gasteiger charge is -2.19. The van der Waals surface area contributed by atoms with Gasteiger partial charge in [0.1, 0.15) is 11.5 Å². The quantitative estimate of drug-likeness (QED) is 0.837. The Hall–Kier alpha value is -2.49. The average Bonchev–Trinajstić information content (AvgIpc) is 2.59. The molecule has 2 rings (SSSR count). The van der Waals surface area contributed by atoms with Crippen LogP contribution >= 0.6 is 0 Å². The highest BCUT2D eigenvalue weighted by molar-refractivity contribution is 5.78. The summed E-state index contributed by atoms with van der Waals surface area (Å²) in [4.78, 5) is 12.2. The van der Waals surface area contributed by atoms with Crippen LogP contribution in [0.4, 0.5) is 0 Å². The molecule has 0 radical (unpaired) electrons. The number of nitrogens with one attached hydrogen (secondary N) is 1. The van der Waals surface area contributed by atoms with E-state index in [1.165, 1.54) is 0 Å². The van der Waals surface area contributed by atoms with Crippen LogP contribution < -0.4 is 14.8 Å². The van der Waals surface area contributed by atoms with Crippen molar-refractivity contribution >= 4 is 5.91 Å². The van der Waals surface area contributed by atoms with Gasteiger partial charge < -0.3 is 14.8 Å². The number of carbonyl (C=O) groups is 1. The first-order chi connectivity index (χ1) is 11.5. The molecule has 0 saturated carbocycles. The molecule has 0 aliphatic rings. The van der Waals surface area contributed by atoms with Gasteiger partial charge in [-0.3, -0.25) is 4.79 Å². The number of ether oxygens (including phenoxy) is 2. The molecule has 0 heterocycles. The van der Waals surface area contributed by atoms with E-state index in [1.807, 2.05) is 63.2 Å². The number of aryl methyl sites for hydroxylation is 2. The SMILES string of the molecule is CC[C@@H](NC(=O)COc1ccc(C)cc1)c1ccc(OC)c(C)c1. The van der Waals surface area contributed by atoms with Crippen LogP contribution in [0.5, 0.6) is 11.5 Å². The average molecular weight is 327 g/mol. The number of methoxy groups -OCH3 is 1. The van der Waals surface area contributed by atoms with Crippen molar-refractivity contribution in [2.24, 2.45) is 0 Å². The summed E-state index contributed by atoms with van der Waals surface area (Å²) in [6.07, 6.45) is 0.808. The second-order valence-corrected chi connectivity index (χ2v) is 5.86. The molecule has 1 atom stereocenters. The summed E-state index contributed by atoms with van der Waals surface area (Å²) in [5.74, 6) is 1.42. The van der Waals surface area contributed by atoms with Crippen LogP contribution in [-0.2, 0) is 4.79 Å². The Kier molecular flexibility index (Phi) is 6.24. The fourth-order valence-corrected chi connectivity index (χ4v) is 2.56. The lowest BCUT2D eigenvalue weighted by Crippen LogP contribution is -2.32. The van der Waals surface area contributed by atoms with Crippen LogP contribution in [0.2, 0.25) is 0 Å². The van der Waals surface area contributed by atoms with Gasteiger partial charge in [0.15, 0.2) is 6.61 Å². The molecular formula is C20H25NO3. The minimum Gasteiger partial charge on any atom is -0.496 e. The van der Waals surface area contributed by atoms with Crippen LogP contribution in [0.15, 0.2) is 42.5 Å². The Morgan fingerprint density at radius 1 is 1.12 bits per heavy atom. The first kappa shape index (κ1) is 17.9. The zero-order chi connectivity index (χ0) is 17.5.